The van der Waals surface area contributed by atoms with Gasteiger partial charge in [-0.15, -0.1) is 0 Å². The number of benzene rings is 2. The van der Waals surface area contributed by atoms with Crippen molar-refractivity contribution >= 4 is 32.8 Å². The van der Waals surface area contributed by atoms with Crippen molar-refractivity contribution in [1.29, 1.82) is 5.26 Å². The van der Waals surface area contributed by atoms with Gasteiger partial charge < -0.3 is 9.55 Å². The Balaban J connectivity index is 2.31. The maximum absolute atomic E-state index is 13.5. The van der Waals surface area contributed by atoms with Gasteiger partial charge in [0.15, 0.2) is 5.43 Å². The lowest BCUT2D eigenvalue weighted by atomic mass is 10.1. The van der Waals surface area contributed by atoms with Crippen LogP contribution in [0.15, 0.2) is 41.2 Å². The Hall–Kier alpha value is -3.13. The van der Waals surface area contributed by atoms with Crippen molar-refractivity contribution in [2.24, 2.45) is 7.05 Å². The second-order valence-corrected chi connectivity index (χ2v) is 5.27. The molecule has 2 aromatic heterocycles. The first-order valence-electron chi connectivity index (χ1n) is 6.74. The Morgan fingerprint density at radius 2 is 1.95 bits per heavy atom. The highest BCUT2D eigenvalue weighted by Crippen LogP contribution is 2.26. The van der Waals surface area contributed by atoms with Gasteiger partial charge in [0.1, 0.15) is 11.5 Å². The van der Waals surface area contributed by atoms with Crippen molar-refractivity contribution in [3.8, 4) is 6.07 Å². The molecule has 2 heterocycles. The van der Waals surface area contributed by atoms with E-state index < -0.39 is 0 Å². The van der Waals surface area contributed by atoms with Crippen LogP contribution in [0.25, 0.3) is 32.8 Å². The number of fused-ring (bicyclic) bond motifs is 4. The summed E-state index contributed by atoms with van der Waals surface area (Å²) in [6.45, 7) is 0. The highest BCUT2D eigenvalue weighted by molar-refractivity contribution is 6.09. The number of H-pyrrole nitrogens is 1. The predicted molar refractivity (Wildman–Crippen MR) is 83.2 cm³/mol. The summed E-state index contributed by atoms with van der Waals surface area (Å²) in [6, 6.07) is 11.4. The number of nitriles is 1. The fourth-order valence-corrected chi connectivity index (χ4v) is 2.96. The van der Waals surface area contributed by atoms with E-state index in [1.807, 2.05) is 0 Å². The maximum Gasteiger partial charge on any atom is 0.199 e. The molecule has 1 N–H and O–H groups in total. The minimum absolute atomic E-state index is 0.140. The normalized spacial score (nSPS) is 11.3. The zero-order chi connectivity index (χ0) is 15.4. The van der Waals surface area contributed by atoms with Crippen LogP contribution in [-0.4, -0.2) is 9.55 Å². The molecular weight excluding hydrogens is 281 g/mol. The Morgan fingerprint density at radius 3 is 2.73 bits per heavy atom. The van der Waals surface area contributed by atoms with Crippen molar-refractivity contribution < 1.29 is 4.39 Å². The van der Waals surface area contributed by atoms with Crippen LogP contribution in [0.1, 0.15) is 5.56 Å². The van der Waals surface area contributed by atoms with E-state index in [4.69, 9.17) is 5.26 Å². The highest BCUT2D eigenvalue weighted by Gasteiger charge is 2.14. The van der Waals surface area contributed by atoms with Crippen molar-refractivity contribution in [3.63, 3.8) is 0 Å². The summed E-state index contributed by atoms with van der Waals surface area (Å²) in [6.07, 6.45) is 0. The number of hydrogen-bond acceptors (Lipinski definition) is 2. The van der Waals surface area contributed by atoms with Gasteiger partial charge in [0.2, 0.25) is 0 Å². The van der Waals surface area contributed by atoms with Gasteiger partial charge in [-0.05, 0) is 30.3 Å². The molecule has 0 fully saturated rings. The summed E-state index contributed by atoms with van der Waals surface area (Å²) >= 11 is 0. The molecule has 4 nitrogen and oxygen atoms in total. The molecule has 0 aliphatic carbocycles. The van der Waals surface area contributed by atoms with E-state index in [1.54, 1.807) is 29.8 Å². The lowest BCUT2D eigenvalue weighted by Gasteiger charge is -2.07. The van der Waals surface area contributed by atoms with Gasteiger partial charge in [0.25, 0.3) is 0 Å². The number of hydrogen-bond donors (Lipinski definition) is 1. The average Bonchev–Trinajstić information content (AvgIpc) is 2.91. The van der Waals surface area contributed by atoms with Crippen LogP contribution in [0.3, 0.4) is 0 Å². The van der Waals surface area contributed by atoms with Gasteiger partial charge in [-0.3, -0.25) is 4.79 Å². The fourth-order valence-electron chi connectivity index (χ4n) is 2.96. The molecule has 0 saturated carbocycles. The molecule has 4 aromatic rings. The molecule has 5 heteroatoms. The summed E-state index contributed by atoms with van der Waals surface area (Å²) in [5.41, 5.74) is 2.25. The van der Waals surface area contributed by atoms with Gasteiger partial charge in [-0.1, -0.05) is 6.07 Å². The van der Waals surface area contributed by atoms with Crippen LogP contribution in [-0.2, 0) is 7.05 Å². The molecule has 0 unspecified atom stereocenters. The van der Waals surface area contributed by atoms with Crippen molar-refractivity contribution in [1.82, 2.24) is 9.55 Å². The number of aryl methyl sites for hydroxylation is 1. The first kappa shape index (κ1) is 12.6. The number of aromatic nitrogens is 2. The third kappa shape index (κ3) is 1.52. The van der Waals surface area contributed by atoms with E-state index in [2.05, 4.69) is 11.1 Å². The zero-order valence-corrected chi connectivity index (χ0v) is 11.6. The standard InChI is InChI=1S/C17H10FN3O/c1-21-14-7-10(18)3-5-12(14)16(22)15-11-4-2-9(8-19)6-13(11)20-17(15)21/h2-7,20H,1H3. The Morgan fingerprint density at radius 1 is 1.18 bits per heavy atom. The minimum atomic E-state index is -0.385. The Kier molecular flexibility index (Phi) is 2.40. The Bertz CT molecular complexity index is 1180. The summed E-state index contributed by atoms with van der Waals surface area (Å²) in [5.74, 6) is -0.385. The van der Waals surface area contributed by atoms with E-state index in [1.165, 1.54) is 18.2 Å². The van der Waals surface area contributed by atoms with E-state index in [9.17, 15) is 9.18 Å². The summed E-state index contributed by atoms with van der Waals surface area (Å²) in [5, 5.41) is 10.8. The molecule has 0 saturated heterocycles. The van der Waals surface area contributed by atoms with E-state index >= 15 is 0 Å². The minimum Gasteiger partial charge on any atom is -0.340 e. The molecule has 0 aliphatic heterocycles. The van der Waals surface area contributed by atoms with Crippen LogP contribution >= 0.6 is 0 Å². The van der Waals surface area contributed by atoms with Crippen LogP contribution in [0.2, 0.25) is 0 Å². The summed E-state index contributed by atoms with van der Waals surface area (Å²) in [4.78, 5) is 15.9. The Labute approximate surface area is 124 Å². The topological polar surface area (TPSA) is 61.6 Å². The van der Waals surface area contributed by atoms with Gasteiger partial charge in [0.05, 0.1) is 22.5 Å². The fraction of sp³-hybridized carbons (Fsp3) is 0.0588. The van der Waals surface area contributed by atoms with E-state index in [-0.39, 0.29) is 11.2 Å². The maximum atomic E-state index is 13.5. The van der Waals surface area contributed by atoms with E-state index in [0.717, 1.165) is 10.9 Å². The molecule has 2 aromatic carbocycles. The molecule has 106 valence electrons. The summed E-state index contributed by atoms with van der Waals surface area (Å²) < 4.78 is 15.3. The SMILES string of the molecule is Cn1c2cc(F)ccc2c(=O)c2c3ccc(C#N)cc3[nH]c21. The molecule has 0 atom stereocenters. The second kappa shape index (κ2) is 4.18. The summed E-state index contributed by atoms with van der Waals surface area (Å²) in [7, 11) is 1.78. The highest BCUT2D eigenvalue weighted by atomic mass is 19.1. The largest absolute Gasteiger partial charge is 0.340 e. The van der Waals surface area contributed by atoms with Crippen molar-refractivity contribution in [3.05, 3.63) is 58.0 Å². The molecule has 0 spiro atoms. The molecular formula is C17H10FN3O. The van der Waals surface area contributed by atoms with Crippen LogP contribution in [0.4, 0.5) is 4.39 Å². The van der Waals surface area contributed by atoms with Crippen LogP contribution < -0.4 is 5.43 Å². The smallest absolute Gasteiger partial charge is 0.199 e. The zero-order valence-electron chi connectivity index (χ0n) is 11.6. The van der Waals surface area contributed by atoms with E-state index in [0.29, 0.717) is 27.5 Å². The van der Waals surface area contributed by atoms with Gasteiger partial charge in [-0.25, -0.2) is 4.39 Å². The lowest BCUT2D eigenvalue weighted by Crippen LogP contribution is -2.08. The van der Waals surface area contributed by atoms with Gasteiger partial charge in [-0.2, -0.15) is 5.26 Å². The average molecular weight is 291 g/mol. The third-order valence-corrected chi connectivity index (χ3v) is 4.04. The quantitative estimate of drug-likeness (QED) is 0.541. The number of halogens is 1. The van der Waals surface area contributed by atoms with Crippen molar-refractivity contribution in [2.75, 3.05) is 0 Å². The molecule has 0 radical (unpaired) electrons. The van der Waals surface area contributed by atoms with Crippen molar-refractivity contribution in [2.45, 2.75) is 0 Å². The molecule has 0 bridgehead atoms. The van der Waals surface area contributed by atoms with Gasteiger partial charge >= 0.3 is 0 Å². The third-order valence-electron chi connectivity index (χ3n) is 4.04. The molecule has 4 rings (SSSR count). The monoisotopic (exact) mass is 291 g/mol. The number of nitrogens with one attached hydrogen (secondary N) is 1. The molecule has 0 aliphatic rings. The second-order valence-electron chi connectivity index (χ2n) is 5.27. The van der Waals surface area contributed by atoms with Gasteiger partial charge in [0, 0.05) is 23.3 Å². The first-order chi connectivity index (χ1) is 10.6. The predicted octanol–water partition coefficient (Wildman–Crippen LogP) is 3.18. The lowest BCUT2D eigenvalue weighted by molar-refractivity contribution is 0.628. The number of aromatic amines is 1. The number of rotatable bonds is 0. The number of nitrogens with zero attached hydrogens (tertiary/aromatic N) is 2. The van der Waals surface area contributed by atoms with Crippen LogP contribution in [0, 0.1) is 17.1 Å². The molecule has 0 amide bonds. The number of pyridine rings is 1. The van der Waals surface area contributed by atoms with Crippen LogP contribution in [0.5, 0.6) is 0 Å². The molecule has 22 heavy (non-hydrogen) atoms. The first-order valence-corrected chi connectivity index (χ1v) is 6.74.